The van der Waals surface area contributed by atoms with E-state index in [4.69, 9.17) is 17.3 Å². The maximum Gasteiger partial charge on any atom is 0.182 e. The lowest BCUT2D eigenvalue weighted by Gasteiger charge is -2.12. The van der Waals surface area contributed by atoms with Gasteiger partial charge in [0.2, 0.25) is 0 Å². The summed E-state index contributed by atoms with van der Waals surface area (Å²) in [6, 6.07) is 7.59. The molecule has 2 aromatic rings. The number of carbonyl (C=O) groups excluding carboxylic acids is 1. The first-order valence-electron chi connectivity index (χ1n) is 6.62. The molecule has 0 aliphatic rings. The minimum absolute atomic E-state index is 0.0127. The van der Waals surface area contributed by atoms with Crippen LogP contribution in [0.25, 0.3) is 0 Å². The largest absolute Gasteiger partial charge is 0.399 e. The van der Waals surface area contributed by atoms with Crippen molar-refractivity contribution >= 4 is 23.1 Å². The van der Waals surface area contributed by atoms with Gasteiger partial charge in [-0.05, 0) is 30.5 Å². The molecule has 1 aromatic carbocycles. The summed E-state index contributed by atoms with van der Waals surface area (Å²) in [6.07, 6.45) is 1.92. The smallest absolute Gasteiger partial charge is 0.182 e. The molecule has 0 amide bonds. The second-order valence-corrected chi connectivity index (χ2v) is 5.26. The average molecular weight is 292 g/mol. The van der Waals surface area contributed by atoms with E-state index in [1.807, 2.05) is 38.1 Å². The number of halogens is 1. The Bertz CT molecular complexity index is 604. The highest BCUT2D eigenvalue weighted by atomic mass is 35.5. The number of benzene rings is 1. The molecule has 0 aliphatic carbocycles. The summed E-state index contributed by atoms with van der Waals surface area (Å²) in [6.45, 7) is 4.58. The van der Waals surface area contributed by atoms with Gasteiger partial charge in [0, 0.05) is 18.7 Å². The Hall–Kier alpha value is -1.81. The first kappa shape index (κ1) is 14.6. The van der Waals surface area contributed by atoms with Crippen LogP contribution in [0.1, 0.15) is 42.2 Å². The van der Waals surface area contributed by atoms with Gasteiger partial charge in [0.1, 0.15) is 5.69 Å². The van der Waals surface area contributed by atoms with Crippen molar-refractivity contribution in [2.24, 2.45) is 0 Å². The number of carbonyl (C=O) groups is 1. The summed E-state index contributed by atoms with van der Waals surface area (Å²) < 4.78 is 1.64. The number of aryl methyl sites for hydroxylation is 1. The highest BCUT2D eigenvalue weighted by molar-refractivity contribution is 6.33. The Balaban J connectivity index is 2.15. The number of hydrogen-bond acceptors (Lipinski definition) is 3. The van der Waals surface area contributed by atoms with Crippen molar-refractivity contribution in [1.82, 2.24) is 9.78 Å². The van der Waals surface area contributed by atoms with Crippen LogP contribution in [0.2, 0.25) is 5.02 Å². The lowest BCUT2D eigenvalue weighted by atomic mass is 9.94. The van der Waals surface area contributed by atoms with Gasteiger partial charge in [-0.15, -0.1) is 0 Å². The second kappa shape index (κ2) is 6.09. The number of aromatic nitrogens is 2. The van der Waals surface area contributed by atoms with Crippen LogP contribution in [0, 0.1) is 0 Å². The normalized spacial score (nSPS) is 12.3. The Morgan fingerprint density at radius 3 is 2.65 bits per heavy atom. The van der Waals surface area contributed by atoms with Gasteiger partial charge in [-0.1, -0.05) is 30.7 Å². The number of hydrogen-bond donors (Lipinski definition) is 1. The van der Waals surface area contributed by atoms with E-state index in [-0.39, 0.29) is 11.7 Å². The molecular formula is C15H18ClN3O. The molecular weight excluding hydrogens is 274 g/mol. The predicted molar refractivity (Wildman–Crippen MR) is 81.1 cm³/mol. The van der Waals surface area contributed by atoms with Gasteiger partial charge in [0.15, 0.2) is 5.78 Å². The molecule has 4 nitrogen and oxygen atoms in total. The van der Waals surface area contributed by atoms with Gasteiger partial charge in [-0.3, -0.25) is 9.48 Å². The third-order valence-corrected chi connectivity index (χ3v) is 3.63. The zero-order valence-electron chi connectivity index (χ0n) is 11.6. The summed E-state index contributed by atoms with van der Waals surface area (Å²) in [4.78, 5) is 12.4. The van der Waals surface area contributed by atoms with Crippen LogP contribution in [0.5, 0.6) is 0 Å². The van der Waals surface area contributed by atoms with Crippen LogP contribution in [0.3, 0.4) is 0 Å². The lowest BCUT2D eigenvalue weighted by molar-refractivity contribution is 0.0965. The molecule has 2 N–H and O–H groups in total. The van der Waals surface area contributed by atoms with Crippen molar-refractivity contribution in [1.29, 1.82) is 0 Å². The number of anilines is 1. The van der Waals surface area contributed by atoms with E-state index in [9.17, 15) is 4.79 Å². The van der Waals surface area contributed by atoms with E-state index in [2.05, 4.69) is 5.10 Å². The molecule has 0 saturated heterocycles. The standard InChI is InChI=1S/C15H18ClN3O/c1-3-19-15(13(16)9-18-19)14(20)8-10(2)11-4-6-12(17)7-5-11/h4-7,9-10H,3,8,17H2,1-2H3. The number of ketones is 1. The van der Waals surface area contributed by atoms with Crippen molar-refractivity contribution in [3.05, 3.63) is 46.7 Å². The fourth-order valence-electron chi connectivity index (χ4n) is 2.20. The van der Waals surface area contributed by atoms with Crippen molar-refractivity contribution in [3.8, 4) is 0 Å². The molecule has 1 heterocycles. The van der Waals surface area contributed by atoms with E-state index in [1.165, 1.54) is 6.20 Å². The Labute approximate surface area is 123 Å². The molecule has 2 rings (SSSR count). The van der Waals surface area contributed by atoms with Crippen LogP contribution in [0.4, 0.5) is 5.69 Å². The number of nitrogens with zero attached hydrogens (tertiary/aromatic N) is 2. The van der Waals surface area contributed by atoms with Crippen molar-refractivity contribution < 1.29 is 4.79 Å². The Morgan fingerprint density at radius 2 is 2.05 bits per heavy atom. The lowest BCUT2D eigenvalue weighted by Crippen LogP contribution is -2.12. The van der Waals surface area contributed by atoms with Crippen LogP contribution in [-0.2, 0) is 6.54 Å². The predicted octanol–water partition coefficient (Wildman–Crippen LogP) is 3.52. The van der Waals surface area contributed by atoms with Crippen LogP contribution in [0.15, 0.2) is 30.5 Å². The third-order valence-electron chi connectivity index (χ3n) is 3.36. The molecule has 0 radical (unpaired) electrons. The first-order valence-corrected chi connectivity index (χ1v) is 7.00. The van der Waals surface area contributed by atoms with E-state index in [1.54, 1.807) is 4.68 Å². The summed E-state index contributed by atoms with van der Waals surface area (Å²) in [5.41, 5.74) is 7.97. The Kier molecular flexibility index (Phi) is 4.45. The molecule has 1 unspecified atom stereocenters. The topological polar surface area (TPSA) is 60.9 Å². The van der Waals surface area contributed by atoms with Crippen LogP contribution >= 0.6 is 11.6 Å². The number of nitrogen functional groups attached to an aromatic ring is 1. The monoisotopic (exact) mass is 291 g/mol. The van der Waals surface area contributed by atoms with Crippen molar-refractivity contribution in [3.63, 3.8) is 0 Å². The molecule has 0 bridgehead atoms. The van der Waals surface area contributed by atoms with Crippen molar-refractivity contribution in [2.75, 3.05) is 5.73 Å². The molecule has 0 aliphatic heterocycles. The summed E-state index contributed by atoms with van der Waals surface area (Å²) in [5.74, 6) is 0.123. The molecule has 1 atom stereocenters. The van der Waals surface area contributed by atoms with E-state index < -0.39 is 0 Å². The summed E-state index contributed by atoms with van der Waals surface area (Å²) in [7, 11) is 0. The van der Waals surface area contributed by atoms with Crippen LogP contribution in [-0.4, -0.2) is 15.6 Å². The second-order valence-electron chi connectivity index (χ2n) is 4.85. The maximum absolute atomic E-state index is 12.4. The third kappa shape index (κ3) is 3.02. The SMILES string of the molecule is CCn1ncc(Cl)c1C(=O)CC(C)c1ccc(N)cc1. The zero-order chi connectivity index (χ0) is 14.7. The molecule has 106 valence electrons. The number of rotatable bonds is 5. The molecule has 0 saturated carbocycles. The number of nitrogens with two attached hydrogens (primary N) is 1. The van der Waals surface area contributed by atoms with E-state index >= 15 is 0 Å². The summed E-state index contributed by atoms with van der Waals surface area (Å²) >= 11 is 6.05. The average Bonchev–Trinajstić information content (AvgIpc) is 2.80. The molecule has 0 fully saturated rings. The number of Topliss-reactive ketones (excluding diaryl/α,β-unsaturated/α-hetero) is 1. The van der Waals surface area contributed by atoms with Gasteiger partial charge in [0.25, 0.3) is 0 Å². The van der Waals surface area contributed by atoms with Gasteiger partial charge < -0.3 is 5.73 Å². The van der Waals surface area contributed by atoms with E-state index in [0.717, 1.165) is 11.3 Å². The fourth-order valence-corrected chi connectivity index (χ4v) is 2.44. The Morgan fingerprint density at radius 1 is 1.40 bits per heavy atom. The van der Waals surface area contributed by atoms with E-state index in [0.29, 0.717) is 23.7 Å². The van der Waals surface area contributed by atoms with Crippen molar-refractivity contribution in [2.45, 2.75) is 32.7 Å². The zero-order valence-corrected chi connectivity index (χ0v) is 12.4. The molecule has 0 spiro atoms. The molecule has 20 heavy (non-hydrogen) atoms. The molecule has 5 heteroatoms. The maximum atomic E-state index is 12.4. The minimum Gasteiger partial charge on any atom is -0.399 e. The van der Waals surface area contributed by atoms with Gasteiger partial charge in [-0.25, -0.2) is 0 Å². The van der Waals surface area contributed by atoms with Gasteiger partial charge >= 0.3 is 0 Å². The fraction of sp³-hybridized carbons (Fsp3) is 0.333. The highest BCUT2D eigenvalue weighted by Gasteiger charge is 2.19. The minimum atomic E-state index is 0.0127. The van der Waals surface area contributed by atoms with Gasteiger partial charge in [0.05, 0.1) is 11.2 Å². The highest BCUT2D eigenvalue weighted by Crippen LogP contribution is 2.24. The van der Waals surface area contributed by atoms with Gasteiger partial charge in [-0.2, -0.15) is 5.10 Å². The molecule has 1 aromatic heterocycles. The summed E-state index contributed by atoms with van der Waals surface area (Å²) in [5, 5.41) is 4.51. The first-order chi connectivity index (χ1) is 9.52. The van der Waals surface area contributed by atoms with Crippen LogP contribution < -0.4 is 5.73 Å². The quantitative estimate of drug-likeness (QED) is 0.677.